The minimum atomic E-state index is -1.27. The average Bonchev–Trinajstić information content (AvgIpc) is 2.61. The van der Waals surface area contributed by atoms with E-state index in [0.29, 0.717) is 16.4 Å². The lowest BCUT2D eigenvalue weighted by Crippen LogP contribution is -2.33. The summed E-state index contributed by atoms with van der Waals surface area (Å²) in [7, 11) is 0. The number of benzene rings is 1. The summed E-state index contributed by atoms with van der Waals surface area (Å²) in [5, 5.41) is 10.0. The van der Waals surface area contributed by atoms with E-state index in [9.17, 15) is 9.90 Å². The second-order valence-corrected chi connectivity index (χ2v) is 4.47. The van der Waals surface area contributed by atoms with Gasteiger partial charge < -0.3 is 9.94 Å². The van der Waals surface area contributed by atoms with E-state index in [2.05, 4.69) is 15.0 Å². The quantitative estimate of drug-likeness (QED) is 0.745. The molecular formula is C16H12N4O3. The lowest BCUT2D eigenvalue weighted by atomic mass is 10.2. The summed E-state index contributed by atoms with van der Waals surface area (Å²) in [5.74, 6) is 0. The number of aromatic nitrogens is 3. The molecule has 7 heteroatoms. The smallest absolute Gasteiger partial charge is 0.445 e. The monoisotopic (exact) mass is 308 g/mol. The number of hydrogen-bond donors (Lipinski definition) is 1. The molecule has 0 saturated heterocycles. The highest BCUT2D eigenvalue weighted by Crippen LogP contribution is 2.19. The van der Waals surface area contributed by atoms with Gasteiger partial charge in [0.25, 0.3) is 0 Å². The van der Waals surface area contributed by atoms with Gasteiger partial charge >= 0.3 is 12.1 Å². The highest BCUT2D eigenvalue weighted by molar-refractivity contribution is 5.83. The van der Waals surface area contributed by atoms with E-state index in [-0.39, 0.29) is 6.01 Å². The van der Waals surface area contributed by atoms with Crippen LogP contribution in [0.4, 0.5) is 10.5 Å². The molecule has 114 valence electrons. The Balaban J connectivity index is 1.88. The molecule has 0 aliphatic rings. The van der Waals surface area contributed by atoms with E-state index in [1.807, 2.05) is 6.07 Å². The summed E-state index contributed by atoms with van der Waals surface area (Å²) < 4.78 is 0. The number of para-hydroxylation sites is 1. The first-order valence-corrected chi connectivity index (χ1v) is 6.73. The molecule has 23 heavy (non-hydrogen) atoms. The third-order valence-corrected chi connectivity index (χ3v) is 2.93. The molecule has 0 aliphatic heterocycles. The Kier molecular flexibility index (Phi) is 4.10. The predicted molar refractivity (Wildman–Crippen MR) is 82.8 cm³/mol. The number of carboxylic acid groups (broad SMARTS) is 1. The number of nitrogens with zero attached hydrogens (tertiary/aromatic N) is 4. The minimum absolute atomic E-state index is 0.0717. The van der Waals surface area contributed by atoms with Gasteiger partial charge in [0.1, 0.15) is 0 Å². The van der Waals surface area contributed by atoms with Crippen molar-refractivity contribution in [3.8, 4) is 17.3 Å². The van der Waals surface area contributed by atoms with E-state index in [1.165, 1.54) is 6.20 Å². The van der Waals surface area contributed by atoms with Crippen molar-refractivity contribution in [1.29, 1.82) is 0 Å². The first-order chi connectivity index (χ1) is 11.2. The Bertz CT molecular complexity index is 797. The fourth-order valence-corrected chi connectivity index (χ4v) is 1.91. The summed E-state index contributed by atoms with van der Waals surface area (Å²) in [6.45, 7) is 0. The zero-order valence-corrected chi connectivity index (χ0v) is 11.9. The lowest BCUT2D eigenvalue weighted by molar-refractivity contribution is 0.164. The first kappa shape index (κ1) is 14.5. The normalized spacial score (nSPS) is 10.1. The maximum absolute atomic E-state index is 11.4. The molecular weight excluding hydrogens is 296 g/mol. The number of rotatable bonds is 4. The van der Waals surface area contributed by atoms with Crippen LogP contribution in [0.3, 0.4) is 0 Å². The van der Waals surface area contributed by atoms with Gasteiger partial charge in [0.05, 0.1) is 11.4 Å². The molecule has 0 unspecified atom stereocenters. The Morgan fingerprint density at radius 2 is 1.87 bits per heavy atom. The Morgan fingerprint density at radius 1 is 1.04 bits per heavy atom. The van der Waals surface area contributed by atoms with Crippen LogP contribution in [0.1, 0.15) is 0 Å². The molecule has 0 spiro atoms. The Labute approximate surface area is 131 Å². The van der Waals surface area contributed by atoms with Crippen LogP contribution in [0.5, 0.6) is 6.01 Å². The number of carbonyl (C=O) groups is 1. The van der Waals surface area contributed by atoms with Crippen molar-refractivity contribution in [1.82, 2.24) is 15.0 Å². The number of hydroxylamine groups is 1. The molecule has 0 bridgehead atoms. The van der Waals surface area contributed by atoms with Crippen molar-refractivity contribution in [2.75, 3.05) is 5.06 Å². The van der Waals surface area contributed by atoms with E-state index in [1.54, 1.807) is 54.9 Å². The second-order valence-electron chi connectivity index (χ2n) is 4.47. The summed E-state index contributed by atoms with van der Waals surface area (Å²) in [6, 6.07) is 13.7. The molecule has 7 nitrogen and oxygen atoms in total. The van der Waals surface area contributed by atoms with Crippen LogP contribution < -0.4 is 9.90 Å². The molecule has 2 heterocycles. The fraction of sp³-hybridized carbons (Fsp3) is 0. The lowest BCUT2D eigenvalue weighted by Gasteiger charge is -2.17. The number of pyridine rings is 1. The van der Waals surface area contributed by atoms with Crippen molar-refractivity contribution in [3.05, 3.63) is 67.1 Å². The molecule has 0 atom stereocenters. The topological polar surface area (TPSA) is 88.4 Å². The molecule has 3 aromatic rings. The van der Waals surface area contributed by atoms with Gasteiger partial charge in [-0.1, -0.05) is 18.2 Å². The first-order valence-electron chi connectivity index (χ1n) is 6.73. The Hall–Kier alpha value is -3.48. The summed E-state index contributed by atoms with van der Waals surface area (Å²) in [6.07, 6.45) is 3.53. The highest BCUT2D eigenvalue weighted by Gasteiger charge is 2.18. The number of anilines is 1. The van der Waals surface area contributed by atoms with E-state index >= 15 is 0 Å². The minimum Gasteiger partial charge on any atom is -0.463 e. The zero-order chi connectivity index (χ0) is 16.1. The van der Waals surface area contributed by atoms with Gasteiger partial charge in [-0.3, -0.25) is 4.98 Å². The maximum Gasteiger partial charge on any atom is 0.445 e. The SMILES string of the molecule is O=C(O)N(Oc1nccc(-c2cccnc2)n1)c1ccccc1. The highest BCUT2D eigenvalue weighted by atomic mass is 16.7. The van der Waals surface area contributed by atoms with Crippen LogP contribution in [-0.2, 0) is 0 Å². The predicted octanol–water partition coefficient (Wildman–Crippen LogP) is 3.02. The third kappa shape index (κ3) is 3.41. The van der Waals surface area contributed by atoms with Crippen LogP contribution in [0.2, 0.25) is 0 Å². The van der Waals surface area contributed by atoms with Crippen LogP contribution in [0.25, 0.3) is 11.3 Å². The van der Waals surface area contributed by atoms with Crippen LogP contribution in [0.15, 0.2) is 67.1 Å². The van der Waals surface area contributed by atoms with E-state index < -0.39 is 6.09 Å². The van der Waals surface area contributed by atoms with Gasteiger partial charge in [-0.25, -0.2) is 9.78 Å². The number of amides is 1. The molecule has 2 aromatic heterocycles. The van der Waals surface area contributed by atoms with Gasteiger partial charge in [-0.05, 0) is 30.3 Å². The van der Waals surface area contributed by atoms with Gasteiger partial charge in [-0.2, -0.15) is 4.98 Å². The Morgan fingerprint density at radius 3 is 2.57 bits per heavy atom. The standard InChI is InChI=1S/C16H12N4O3/c21-16(22)20(13-6-2-1-3-7-13)23-15-18-10-8-14(19-15)12-5-4-9-17-11-12/h1-11H,(H,21,22). The summed E-state index contributed by atoms with van der Waals surface area (Å²) in [5.41, 5.74) is 1.72. The molecule has 1 amide bonds. The molecule has 1 aromatic carbocycles. The number of hydrogen-bond acceptors (Lipinski definition) is 5. The van der Waals surface area contributed by atoms with Crippen molar-refractivity contribution in [3.63, 3.8) is 0 Å². The van der Waals surface area contributed by atoms with Crippen LogP contribution in [0, 0.1) is 0 Å². The molecule has 0 aliphatic carbocycles. The van der Waals surface area contributed by atoms with E-state index in [4.69, 9.17) is 4.84 Å². The molecule has 0 radical (unpaired) electrons. The molecule has 1 N–H and O–H groups in total. The third-order valence-electron chi connectivity index (χ3n) is 2.93. The van der Waals surface area contributed by atoms with Gasteiger partial charge in [0.2, 0.25) is 0 Å². The van der Waals surface area contributed by atoms with Crippen molar-refractivity contribution in [2.24, 2.45) is 0 Å². The van der Waals surface area contributed by atoms with Gasteiger partial charge in [0.15, 0.2) is 0 Å². The van der Waals surface area contributed by atoms with E-state index in [0.717, 1.165) is 5.56 Å². The maximum atomic E-state index is 11.4. The van der Waals surface area contributed by atoms with Gasteiger partial charge in [-0.15, -0.1) is 5.06 Å². The second kappa shape index (κ2) is 6.52. The molecule has 0 saturated carbocycles. The van der Waals surface area contributed by atoms with Crippen molar-refractivity contribution < 1.29 is 14.7 Å². The van der Waals surface area contributed by atoms with Crippen molar-refractivity contribution >= 4 is 11.8 Å². The fourth-order valence-electron chi connectivity index (χ4n) is 1.91. The summed E-state index contributed by atoms with van der Waals surface area (Å²) in [4.78, 5) is 28.9. The average molecular weight is 308 g/mol. The van der Waals surface area contributed by atoms with Crippen LogP contribution in [-0.4, -0.2) is 26.2 Å². The van der Waals surface area contributed by atoms with Gasteiger partial charge in [0, 0.05) is 24.2 Å². The summed E-state index contributed by atoms with van der Waals surface area (Å²) >= 11 is 0. The zero-order valence-electron chi connectivity index (χ0n) is 11.9. The molecule has 3 rings (SSSR count). The largest absolute Gasteiger partial charge is 0.463 e. The molecule has 0 fully saturated rings. The van der Waals surface area contributed by atoms with Crippen LogP contribution >= 0.6 is 0 Å². The van der Waals surface area contributed by atoms with Crippen molar-refractivity contribution in [2.45, 2.75) is 0 Å².